The van der Waals surface area contributed by atoms with Crippen molar-refractivity contribution in [3.63, 3.8) is 0 Å². The molecule has 32 heavy (non-hydrogen) atoms. The molecule has 0 spiro atoms. The minimum Gasteiger partial charge on any atom is -0.495 e. The second-order valence-electron chi connectivity index (χ2n) is 8.05. The van der Waals surface area contributed by atoms with E-state index in [1.54, 1.807) is 18.2 Å². The number of nitrogens with one attached hydrogen (secondary N) is 2. The van der Waals surface area contributed by atoms with Gasteiger partial charge in [-0.05, 0) is 73.6 Å². The lowest BCUT2D eigenvalue weighted by Crippen LogP contribution is -2.17. The van der Waals surface area contributed by atoms with Gasteiger partial charge in [-0.1, -0.05) is 36.4 Å². The largest absolute Gasteiger partial charge is 0.495 e. The van der Waals surface area contributed by atoms with E-state index in [-0.39, 0.29) is 16.6 Å². The number of hydrogen-bond acceptors (Lipinski definition) is 4. The lowest BCUT2D eigenvalue weighted by molar-refractivity contribution is 0.102. The van der Waals surface area contributed by atoms with E-state index in [1.807, 2.05) is 50.2 Å². The van der Waals surface area contributed by atoms with Gasteiger partial charge in [0.05, 0.1) is 12.8 Å². The summed E-state index contributed by atoms with van der Waals surface area (Å²) < 4.78 is 34.5. The molecule has 7 heteroatoms. The van der Waals surface area contributed by atoms with Crippen molar-refractivity contribution < 1.29 is 17.9 Å². The van der Waals surface area contributed by atoms with Crippen LogP contribution in [-0.4, -0.2) is 21.4 Å². The highest BCUT2D eigenvalue weighted by atomic mass is 32.2. The van der Waals surface area contributed by atoms with Crippen LogP contribution in [0.2, 0.25) is 0 Å². The molecule has 4 rings (SSSR count). The summed E-state index contributed by atoms with van der Waals surface area (Å²) in [5, 5.41) is 2.84. The highest BCUT2D eigenvalue weighted by Gasteiger charge is 2.28. The Kier molecular flexibility index (Phi) is 5.93. The fraction of sp³-hybridized carbons (Fsp3) is 0.240. The minimum atomic E-state index is -3.96. The molecular formula is C25H26N2O4S. The highest BCUT2D eigenvalue weighted by molar-refractivity contribution is 7.92. The maximum atomic E-state index is 13.2. The normalized spacial score (nSPS) is 13.5. The third kappa shape index (κ3) is 4.48. The summed E-state index contributed by atoms with van der Waals surface area (Å²) in [5.41, 5.74) is 4.18. The zero-order valence-corrected chi connectivity index (χ0v) is 19.1. The van der Waals surface area contributed by atoms with Gasteiger partial charge in [0, 0.05) is 11.3 Å². The number of amides is 1. The third-order valence-electron chi connectivity index (χ3n) is 5.65. The van der Waals surface area contributed by atoms with Crippen LogP contribution in [0.4, 0.5) is 11.4 Å². The number of aryl methyl sites for hydroxylation is 2. The number of carbonyl (C=O) groups excluding carboxylic acids is 1. The molecule has 0 heterocycles. The second-order valence-corrected chi connectivity index (χ2v) is 9.70. The van der Waals surface area contributed by atoms with E-state index < -0.39 is 10.0 Å². The fourth-order valence-electron chi connectivity index (χ4n) is 3.78. The number of ether oxygens (including phenoxy) is 1. The molecule has 1 aliphatic rings. The predicted octanol–water partition coefficient (Wildman–Crippen LogP) is 5.24. The van der Waals surface area contributed by atoms with Gasteiger partial charge in [-0.2, -0.15) is 0 Å². The van der Waals surface area contributed by atoms with Gasteiger partial charge in [-0.3, -0.25) is 9.52 Å². The molecule has 0 aliphatic heterocycles. The Balaban J connectivity index is 1.65. The van der Waals surface area contributed by atoms with Gasteiger partial charge in [0.1, 0.15) is 10.6 Å². The van der Waals surface area contributed by atoms with Crippen LogP contribution >= 0.6 is 0 Å². The van der Waals surface area contributed by atoms with E-state index in [4.69, 9.17) is 4.74 Å². The molecule has 0 bridgehead atoms. The lowest BCUT2D eigenvalue weighted by atomic mass is 10.0. The summed E-state index contributed by atoms with van der Waals surface area (Å²) in [4.78, 5) is 12.9. The van der Waals surface area contributed by atoms with Crippen molar-refractivity contribution in [2.75, 3.05) is 17.1 Å². The molecule has 0 saturated heterocycles. The molecular weight excluding hydrogens is 424 g/mol. The number of hydrogen-bond donors (Lipinski definition) is 2. The number of anilines is 2. The molecule has 3 aromatic carbocycles. The summed E-state index contributed by atoms with van der Waals surface area (Å²) in [6.45, 7) is 3.69. The fourth-order valence-corrected chi connectivity index (χ4v) is 5.18. The number of carbonyl (C=O) groups is 1. The Morgan fingerprint density at radius 3 is 2.31 bits per heavy atom. The standard InChI is InChI=1S/C25H26N2O4S/c1-16-7-6-8-17(2)24(16)27-32(29,30)23-15-19(13-14-22(23)31-3)26-25(28)21-10-5-4-9-20(21)18-11-12-18/h4-10,13-15,18,27H,11-12H2,1-3H3,(H,26,28). The summed E-state index contributed by atoms with van der Waals surface area (Å²) in [7, 11) is -2.55. The average molecular weight is 451 g/mol. The Labute approximate surface area is 188 Å². The maximum absolute atomic E-state index is 13.2. The van der Waals surface area contributed by atoms with Crippen LogP contribution in [-0.2, 0) is 10.0 Å². The third-order valence-corrected chi connectivity index (χ3v) is 7.02. The first-order valence-corrected chi connectivity index (χ1v) is 12.0. The van der Waals surface area contributed by atoms with Crippen molar-refractivity contribution in [3.05, 3.63) is 82.9 Å². The number of benzene rings is 3. The number of methoxy groups -OCH3 is 1. The van der Waals surface area contributed by atoms with E-state index in [9.17, 15) is 13.2 Å². The van der Waals surface area contributed by atoms with E-state index in [0.29, 0.717) is 22.9 Å². The molecule has 1 fully saturated rings. The highest BCUT2D eigenvalue weighted by Crippen LogP contribution is 2.41. The van der Waals surface area contributed by atoms with Crippen molar-refractivity contribution in [2.24, 2.45) is 0 Å². The average Bonchev–Trinajstić information content (AvgIpc) is 3.62. The molecule has 0 atom stereocenters. The minimum absolute atomic E-state index is 0.0454. The van der Waals surface area contributed by atoms with Crippen molar-refractivity contribution in [2.45, 2.75) is 37.5 Å². The van der Waals surface area contributed by atoms with E-state index in [1.165, 1.54) is 13.2 Å². The second kappa shape index (κ2) is 8.67. The van der Waals surface area contributed by atoms with Crippen molar-refractivity contribution >= 4 is 27.3 Å². The van der Waals surface area contributed by atoms with Gasteiger partial charge < -0.3 is 10.1 Å². The van der Waals surface area contributed by atoms with Gasteiger partial charge in [0.25, 0.3) is 15.9 Å². The predicted molar refractivity (Wildman–Crippen MR) is 126 cm³/mol. The van der Waals surface area contributed by atoms with Gasteiger partial charge in [-0.15, -0.1) is 0 Å². The topological polar surface area (TPSA) is 84.5 Å². The lowest BCUT2D eigenvalue weighted by Gasteiger charge is -2.16. The van der Waals surface area contributed by atoms with Crippen LogP contribution in [0.25, 0.3) is 0 Å². The number of rotatable bonds is 7. The number of para-hydroxylation sites is 1. The molecule has 1 amide bonds. The van der Waals surface area contributed by atoms with Gasteiger partial charge >= 0.3 is 0 Å². The van der Waals surface area contributed by atoms with Crippen molar-refractivity contribution in [3.8, 4) is 5.75 Å². The molecule has 0 aromatic heterocycles. The molecule has 166 valence electrons. The van der Waals surface area contributed by atoms with Crippen LogP contribution < -0.4 is 14.8 Å². The van der Waals surface area contributed by atoms with Gasteiger partial charge in [-0.25, -0.2) is 8.42 Å². The van der Waals surface area contributed by atoms with Crippen LogP contribution in [0, 0.1) is 13.8 Å². The van der Waals surface area contributed by atoms with Gasteiger partial charge in [0.2, 0.25) is 0 Å². The van der Waals surface area contributed by atoms with Crippen LogP contribution in [0.15, 0.2) is 65.6 Å². The van der Waals surface area contributed by atoms with E-state index >= 15 is 0 Å². The zero-order chi connectivity index (χ0) is 22.9. The Hall–Kier alpha value is -3.32. The first kappa shape index (κ1) is 21.9. The molecule has 1 aliphatic carbocycles. The van der Waals surface area contributed by atoms with E-state index in [2.05, 4.69) is 10.0 Å². The molecule has 0 unspecified atom stereocenters. The summed E-state index contributed by atoms with van der Waals surface area (Å²) in [6.07, 6.45) is 2.17. The monoisotopic (exact) mass is 450 g/mol. The van der Waals surface area contributed by atoms with Crippen molar-refractivity contribution in [1.29, 1.82) is 0 Å². The summed E-state index contributed by atoms with van der Waals surface area (Å²) >= 11 is 0. The first-order chi connectivity index (χ1) is 15.3. The number of sulfonamides is 1. The SMILES string of the molecule is COc1ccc(NC(=O)c2ccccc2C2CC2)cc1S(=O)(=O)Nc1c(C)cccc1C. The Bertz CT molecular complexity index is 1260. The Morgan fingerprint density at radius 2 is 1.66 bits per heavy atom. The van der Waals surface area contributed by atoms with Crippen LogP contribution in [0.5, 0.6) is 5.75 Å². The van der Waals surface area contributed by atoms with Crippen molar-refractivity contribution in [1.82, 2.24) is 0 Å². The molecule has 6 nitrogen and oxygen atoms in total. The first-order valence-electron chi connectivity index (χ1n) is 10.5. The summed E-state index contributed by atoms with van der Waals surface area (Å²) in [6, 6.07) is 17.7. The quantitative estimate of drug-likeness (QED) is 0.515. The summed E-state index contributed by atoms with van der Waals surface area (Å²) in [5.74, 6) is 0.356. The van der Waals surface area contributed by atoms with E-state index in [0.717, 1.165) is 29.5 Å². The van der Waals surface area contributed by atoms with Crippen LogP contribution in [0.1, 0.15) is 45.8 Å². The molecule has 2 N–H and O–H groups in total. The maximum Gasteiger partial charge on any atom is 0.265 e. The van der Waals surface area contributed by atoms with Gasteiger partial charge in [0.15, 0.2) is 0 Å². The Morgan fingerprint density at radius 1 is 0.969 bits per heavy atom. The molecule has 1 saturated carbocycles. The smallest absolute Gasteiger partial charge is 0.265 e. The molecule has 3 aromatic rings. The molecule has 0 radical (unpaired) electrons. The zero-order valence-electron chi connectivity index (χ0n) is 18.3. The van der Waals surface area contributed by atoms with Crippen LogP contribution in [0.3, 0.4) is 0 Å².